The first-order valence-corrected chi connectivity index (χ1v) is 4.40. The SMILES string of the molecule is C=O.NC(N)=O.O=C[C@H](O)[C@@H](O)[C@H](O)[C@H](O)CO. The Labute approximate surface area is 102 Å². The van der Waals surface area contributed by atoms with Gasteiger partial charge in [-0.25, -0.2) is 4.79 Å². The molecule has 0 saturated carbocycles. The van der Waals surface area contributed by atoms with Crippen molar-refractivity contribution < 1.29 is 39.9 Å². The van der Waals surface area contributed by atoms with Gasteiger partial charge in [0.2, 0.25) is 0 Å². The second-order valence-corrected chi connectivity index (χ2v) is 2.76. The second kappa shape index (κ2) is 13.5. The Morgan fingerprint density at radius 3 is 1.67 bits per heavy atom. The van der Waals surface area contributed by atoms with Crippen LogP contribution in [0.2, 0.25) is 0 Å². The van der Waals surface area contributed by atoms with Crippen LogP contribution in [0.15, 0.2) is 0 Å². The van der Waals surface area contributed by atoms with Gasteiger partial charge in [-0.05, 0) is 0 Å². The summed E-state index contributed by atoms with van der Waals surface area (Å²) >= 11 is 0. The summed E-state index contributed by atoms with van der Waals surface area (Å²) in [5.74, 6) is 0. The van der Waals surface area contributed by atoms with Gasteiger partial charge in [0, 0.05) is 0 Å². The van der Waals surface area contributed by atoms with Gasteiger partial charge in [0.25, 0.3) is 0 Å². The topological polar surface area (TPSA) is 204 Å². The highest BCUT2D eigenvalue weighted by molar-refractivity contribution is 5.69. The van der Waals surface area contributed by atoms with Gasteiger partial charge in [-0.1, -0.05) is 0 Å². The van der Waals surface area contributed by atoms with Crippen molar-refractivity contribution in [2.45, 2.75) is 24.4 Å². The third-order valence-corrected chi connectivity index (χ3v) is 1.42. The van der Waals surface area contributed by atoms with Crippen LogP contribution >= 0.6 is 0 Å². The van der Waals surface area contributed by atoms with E-state index in [4.69, 9.17) is 35.1 Å². The molecule has 108 valence electrons. The van der Waals surface area contributed by atoms with Crippen molar-refractivity contribution in [3.63, 3.8) is 0 Å². The number of primary amides is 2. The molecule has 0 spiro atoms. The van der Waals surface area contributed by atoms with E-state index in [1.165, 1.54) is 0 Å². The summed E-state index contributed by atoms with van der Waals surface area (Å²) < 4.78 is 0. The standard InChI is InChI=1S/C6H12O6.CH4N2O.CH2O/c7-1-3(9)5(11)6(12)4(10)2-8;2-1(3)4;1-2/h1,3-6,8-12H,2H2;(H4,2,3,4);1H2/t3-,4+,5+,6+;;/m0../s1. The van der Waals surface area contributed by atoms with Crippen LogP contribution in [0.4, 0.5) is 4.79 Å². The van der Waals surface area contributed by atoms with E-state index in [0.29, 0.717) is 0 Å². The molecule has 0 radical (unpaired) electrons. The van der Waals surface area contributed by atoms with Gasteiger partial charge in [-0.15, -0.1) is 0 Å². The van der Waals surface area contributed by atoms with Gasteiger partial charge in [-0.3, -0.25) is 0 Å². The minimum absolute atomic E-state index is 0.0258. The van der Waals surface area contributed by atoms with Crippen LogP contribution in [-0.2, 0) is 9.59 Å². The summed E-state index contributed by atoms with van der Waals surface area (Å²) in [5.41, 5.74) is 8.50. The van der Waals surface area contributed by atoms with Crippen molar-refractivity contribution >= 4 is 19.1 Å². The first-order valence-electron chi connectivity index (χ1n) is 4.40. The molecular weight excluding hydrogens is 252 g/mol. The largest absolute Gasteiger partial charge is 0.394 e. The maximum absolute atomic E-state index is 9.90. The van der Waals surface area contributed by atoms with Crippen LogP contribution in [0.25, 0.3) is 0 Å². The summed E-state index contributed by atoms with van der Waals surface area (Å²) in [7, 11) is 0. The number of hydrogen-bond donors (Lipinski definition) is 7. The van der Waals surface area contributed by atoms with Crippen molar-refractivity contribution in [3.05, 3.63) is 0 Å². The smallest absolute Gasteiger partial charge is 0.309 e. The first-order chi connectivity index (χ1) is 8.27. The lowest BCUT2D eigenvalue weighted by molar-refractivity contribution is -0.136. The highest BCUT2D eigenvalue weighted by atomic mass is 16.4. The first kappa shape index (κ1) is 21.7. The fourth-order valence-electron chi connectivity index (χ4n) is 0.618. The summed E-state index contributed by atoms with van der Waals surface area (Å²) in [6.07, 6.45) is -6.84. The lowest BCUT2D eigenvalue weighted by Gasteiger charge is -2.22. The zero-order valence-corrected chi connectivity index (χ0v) is 9.42. The fraction of sp³-hybridized carbons (Fsp3) is 0.625. The Balaban J connectivity index is -0.000000317. The molecule has 2 amide bonds. The van der Waals surface area contributed by atoms with Crippen LogP contribution < -0.4 is 11.5 Å². The Morgan fingerprint density at radius 2 is 1.44 bits per heavy atom. The molecule has 10 nitrogen and oxygen atoms in total. The molecule has 0 fully saturated rings. The number of nitrogens with two attached hydrogens (primary N) is 2. The summed E-state index contributed by atoms with van der Waals surface area (Å²) in [6, 6.07) is -0.833. The zero-order valence-electron chi connectivity index (χ0n) is 9.42. The average molecular weight is 270 g/mol. The Hall–Kier alpha value is -1.59. The minimum Gasteiger partial charge on any atom is -0.394 e. The second-order valence-electron chi connectivity index (χ2n) is 2.76. The van der Waals surface area contributed by atoms with Crippen LogP contribution in [0.3, 0.4) is 0 Å². The van der Waals surface area contributed by atoms with E-state index in [2.05, 4.69) is 11.5 Å². The Bertz CT molecular complexity index is 223. The number of urea groups is 1. The highest BCUT2D eigenvalue weighted by Gasteiger charge is 2.29. The van der Waals surface area contributed by atoms with Crippen LogP contribution in [0.5, 0.6) is 0 Å². The number of aldehydes is 1. The molecule has 0 saturated heterocycles. The van der Waals surface area contributed by atoms with Crippen LogP contribution in [0.1, 0.15) is 0 Å². The number of hydrogen-bond acceptors (Lipinski definition) is 8. The van der Waals surface area contributed by atoms with Crippen LogP contribution in [-0.4, -0.2) is 75.7 Å². The molecule has 0 aliphatic heterocycles. The van der Waals surface area contributed by atoms with Gasteiger partial charge in [0.1, 0.15) is 31.2 Å². The molecule has 0 heterocycles. The van der Waals surface area contributed by atoms with E-state index < -0.39 is 37.1 Å². The summed E-state index contributed by atoms with van der Waals surface area (Å²) in [6.45, 7) is 1.24. The van der Waals surface area contributed by atoms with E-state index in [0.717, 1.165) is 0 Å². The maximum atomic E-state index is 9.90. The molecule has 4 atom stereocenters. The van der Waals surface area contributed by atoms with Gasteiger partial charge >= 0.3 is 6.03 Å². The number of rotatable bonds is 5. The summed E-state index contributed by atoms with van der Waals surface area (Å²) in [5, 5.41) is 43.5. The predicted molar refractivity (Wildman–Crippen MR) is 58.1 cm³/mol. The molecule has 9 N–H and O–H groups in total. The van der Waals surface area contributed by atoms with E-state index in [9.17, 15) is 4.79 Å². The van der Waals surface area contributed by atoms with E-state index in [1.807, 2.05) is 6.79 Å². The van der Waals surface area contributed by atoms with Gasteiger partial charge < -0.3 is 46.6 Å². The number of carbonyl (C=O) groups excluding carboxylic acids is 3. The van der Waals surface area contributed by atoms with Crippen molar-refractivity contribution in [2.24, 2.45) is 11.5 Å². The Morgan fingerprint density at radius 1 is 1.11 bits per heavy atom. The lowest BCUT2D eigenvalue weighted by Crippen LogP contribution is -2.46. The quantitative estimate of drug-likeness (QED) is 0.241. The van der Waals surface area contributed by atoms with E-state index in [1.54, 1.807) is 0 Å². The number of amides is 2. The van der Waals surface area contributed by atoms with Gasteiger partial charge in [0.05, 0.1) is 6.61 Å². The molecule has 10 heteroatoms. The molecule has 0 aromatic heterocycles. The fourth-order valence-corrected chi connectivity index (χ4v) is 0.618. The van der Waals surface area contributed by atoms with Crippen LogP contribution in [0, 0.1) is 0 Å². The third-order valence-electron chi connectivity index (χ3n) is 1.42. The summed E-state index contributed by atoms with van der Waals surface area (Å²) in [4.78, 5) is 26.9. The van der Waals surface area contributed by atoms with Crippen molar-refractivity contribution in [2.75, 3.05) is 6.61 Å². The van der Waals surface area contributed by atoms with E-state index >= 15 is 0 Å². The van der Waals surface area contributed by atoms with Gasteiger partial charge in [0.15, 0.2) is 6.29 Å². The average Bonchev–Trinajstić information content (AvgIpc) is 2.36. The molecule has 0 aliphatic rings. The minimum atomic E-state index is -1.79. The Kier molecular flexibility index (Phi) is 16.2. The molecule has 0 rings (SSSR count). The predicted octanol–water partition coefficient (Wildman–Crippen LogP) is -4.54. The zero-order chi connectivity index (χ0) is 15.3. The molecule has 0 aromatic rings. The van der Waals surface area contributed by atoms with Crippen molar-refractivity contribution in [3.8, 4) is 0 Å². The number of aliphatic hydroxyl groups is 5. The molecule has 0 unspecified atom stereocenters. The highest BCUT2D eigenvalue weighted by Crippen LogP contribution is 2.02. The molecular formula is C8H18N2O8. The molecule has 0 aromatic carbocycles. The lowest BCUT2D eigenvalue weighted by atomic mass is 10.0. The third kappa shape index (κ3) is 12.5. The molecule has 18 heavy (non-hydrogen) atoms. The number of carbonyl (C=O) groups is 3. The van der Waals surface area contributed by atoms with Gasteiger partial charge in [-0.2, -0.15) is 0 Å². The van der Waals surface area contributed by atoms with Crippen molar-refractivity contribution in [1.29, 1.82) is 0 Å². The van der Waals surface area contributed by atoms with E-state index in [-0.39, 0.29) is 6.29 Å². The normalized spacial score (nSPS) is 15.6. The maximum Gasteiger partial charge on any atom is 0.309 e. The monoisotopic (exact) mass is 270 g/mol. The number of aliphatic hydroxyl groups excluding tert-OH is 5. The molecule has 0 aliphatic carbocycles. The molecule has 0 bridgehead atoms. The van der Waals surface area contributed by atoms with Crippen molar-refractivity contribution in [1.82, 2.24) is 0 Å².